The summed E-state index contributed by atoms with van der Waals surface area (Å²) in [5.41, 5.74) is 7.90. The molecule has 7 heteroatoms. The standard InChI is InChI=1S/C20H19F3N2O2/c1-4-27-19(26)13-9-12(20(21,22)23)8-11(3)15(13)17-16-10(2)6-5-7-14(16)25-18(17)24/h5-9,25H,4,24H2,1-3H3. The molecule has 0 fully saturated rings. The van der Waals surface area contributed by atoms with Gasteiger partial charge in [0.15, 0.2) is 0 Å². The largest absolute Gasteiger partial charge is 0.462 e. The zero-order chi connectivity index (χ0) is 19.9. The molecule has 3 N–H and O–H groups in total. The van der Waals surface area contributed by atoms with Crippen molar-refractivity contribution in [1.29, 1.82) is 0 Å². The van der Waals surface area contributed by atoms with Crippen molar-refractivity contribution in [2.45, 2.75) is 26.9 Å². The monoisotopic (exact) mass is 376 g/mol. The van der Waals surface area contributed by atoms with Crippen LogP contribution in [0.1, 0.15) is 34.0 Å². The Morgan fingerprint density at radius 2 is 1.85 bits per heavy atom. The van der Waals surface area contributed by atoms with E-state index in [0.717, 1.165) is 28.6 Å². The fraction of sp³-hybridized carbons (Fsp3) is 0.250. The van der Waals surface area contributed by atoms with E-state index >= 15 is 0 Å². The average molecular weight is 376 g/mol. The summed E-state index contributed by atoms with van der Waals surface area (Å²) in [6, 6.07) is 7.41. The predicted molar refractivity (Wildman–Crippen MR) is 98.6 cm³/mol. The number of aromatic nitrogens is 1. The Morgan fingerprint density at radius 1 is 1.15 bits per heavy atom. The first kappa shape index (κ1) is 18.8. The van der Waals surface area contributed by atoms with Crippen LogP contribution >= 0.6 is 0 Å². The smallest absolute Gasteiger partial charge is 0.416 e. The van der Waals surface area contributed by atoms with Crippen molar-refractivity contribution < 1.29 is 22.7 Å². The number of esters is 1. The van der Waals surface area contributed by atoms with E-state index < -0.39 is 17.7 Å². The average Bonchev–Trinajstić information content (AvgIpc) is 2.90. The second-order valence-electron chi connectivity index (χ2n) is 6.35. The van der Waals surface area contributed by atoms with Gasteiger partial charge in [-0.25, -0.2) is 4.79 Å². The van der Waals surface area contributed by atoms with Crippen molar-refractivity contribution in [3.8, 4) is 11.1 Å². The van der Waals surface area contributed by atoms with Gasteiger partial charge in [0.1, 0.15) is 5.82 Å². The molecule has 0 atom stereocenters. The van der Waals surface area contributed by atoms with Crippen LogP contribution in [0.4, 0.5) is 19.0 Å². The van der Waals surface area contributed by atoms with Gasteiger partial charge in [-0.1, -0.05) is 12.1 Å². The van der Waals surface area contributed by atoms with E-state index in [9.17, 15) is 18.0 Å². The van der Waals surface area contributed by atoms with Gasteiger partial charge in [0.25, 0.3) is 0 Å². The summed E-state index contributed by atoms with van der Waals surface area (Å²) in [5.74, 6) is -0.531. The number of nitrogen functional groups attached to an aromatic ring is 1. The number of aromatic amines is 1. The van der Waals surface area contributed by atoms with Crippen LogP contribution in [-0.2, 0) is 10.9 Å². The molecule has 0 aliphatic carbocycles. The Morgan fingerprint density at radius 3 is 2.48 bits per heavy atom. The molecule has 0 radical (unpaired) electrons. The molecular formula is C20H19F3N2O2. The number of alkyl halides is 3. The molecule has 0 saturated heterocycles. The number of H-pyrrole nitrogens is 1. The maximum Gasteiger partial charge on any atom is 0.416 e. The van der Waals surface area contributed by atoms with E-state index in [1.165, 1.54) is 6.92 Å². The first-order valence-corrected chi connectivity index (χ1v) is 8.41. The van der Waals surface area contributed by atoms with Crippen LogP contribution in [0.25, 0.3) is 22.0 Å². The zero-order valence-corrected chi connectivity index (χ0v) is 15.1. The Labute approximate surface area is 154 Å². The third-order valence-corrected chi connectivity index (χ3v) is 4.47. The van der Waals surface area contributed by atoms with Crippen molar-refractivity contribution in [3.05, 3.63) is 52.6 Å². The normalized spacial score (nSPS) is 11.8. The fourth-order valence-electron chi connectivity index (χ4n) is 3.36. The number of anilines is 1. The molecule has 142 valence electrons. The maximum absolute atomic E-state index is 13.3. The Kier molecular flexibility index (Phi) is 4.63. The Balaban J connectivity index is 2.40. The van der Waals surface area contributed by atoms with E-state index in [1.54, 1.807) is 6.92 Å². The number of halogens is 3. The molecule has 0 saturated carbocycles. The summed E-state index contributed by atoms with van der Waals surface area (Å²) in [5, 5.41) is 0.767. The van der Waals surface area contributed by atoms with Crippen molar-refractivity contribution in [1.82, 2.24) is 4.98 Å². The van der Waals surface area contributed by atoms with Gasteiger partial charge < -0.3 is 15.5 Å². The predicted octanol–water partition coefficient (Wildman–Crippen LogP) is 5.23. The minimum atomic E-state index is -4.58. The first-order chi connectivity index (χ1) is 12.6. The van der Waals surface area contributed by atoms with Gasteiger partial charge in [0.2, 0.25) is 0 Å². The number of benzene rings is 2. The number of carbonyl (C=O) groups is 1. The molecule has 0 aliphatic rings. The highest BCUT2D eigenvalue weighted by atomic mass is 19.4. The van der Waals surface area contributed by atoms with Crippen molar-refractivity contribution >= 4 is 22.7 Å². The SMILES string of the molecule is CCOC(=O)c1cc(C(F)(F)F)cc(C)c1-c1c(N)[nH]c2cccc(C)c12. The summed E-state index contributed by atoms with van der Waals surface area (Å²) in [6.45, 7) is 5.06. The molecule has 0 unspecified atom stereocenters. The number of aryl methyl sites for hydroxylation is 2. The molecule has 0 aliphatic heterocycles. The number of fused-ring (bicyclic) bond motifs is 1. The van der Waals surface area contributed by atoms with E-state index in [2.05, 4.69) is 4.98 Å². The summed E-state index contributed by atoms with van der Waals surface area (Å²) >= 11 is 0. The van der Waals surface area contributed by atoms with Crippen LogP contribution in [0.5, 0.6) is 0 Å². The van der Waals surface area contributed by atoms with Crippen LogP contribution in [0, 0.1) is 13.8 Å². The lowest BCUT2D eigenvalue weighted by atomic mass is 9.90. The molecule has 3 rings (SSSR count). The molecule has 0 spiro atoms. The Hall–Kier alpha value is -2.96. The summed E-state index contributed by atoms with van der Waals surface area (Å²) in [4.78, 5) is 15.5. The van der Waals surface area contributed by atoms with Crippen molar-refractivity contribution in [2.75, 3.05) is 12.3 Å². The molecule has 0 bridgehead atoms. The summed E-state index contributed by atoms with van der Waals surface area (Å²) < 4.78 is 44.9. The molecular weight excluding hydrogens is 357 g/mol. The van der Waals surface area contributed by atoms with E-state index in [-0.39, 0.29) is 18.0 Å². The molecule has 27 heavy (non-hydrogen) atoms. The summed E-state index contributed by atoms with van der Waals surface area (Å²) in [7, 11) is 0. The number of hydrogen-bond acceptors (Lipinski definition) is 3. The number of nitrogens with one attached hydrogen (secondary N) is 1. The number of ether oxygens (including phenoxy) is 1. The lowest BCUT2D eigenvalue weighted by molar-refractivity contribution is -0.137. The van der Waals surface area contributed by atoms with Crippen molar-refractivity contribution in [3.63, 3.8) is 0 Å². The number of rotatable bonds is 3. The van der Waals surface area contributed by atoms with Gasteiger partial charge in [0, 0.05) is 22.0 Å². The lowest BCUT2D eigenvalue weighted by Crippen LogP contribution is -2.13. The number of carbonyl (C=O) groups excluding carboxylic acids is 1. The quantitative estimate of drug-likeness (QED) is 0.615. The third kappa shape index (κ3) is 3.25. The molecule has 1 aromatic heterocycles. The number of hydrogen-bond donors (Lipinski definition) is 2. The fourth-order valence-corrected chi connectivity index (χ4v) is 3.36. The molecule has 1 heterocycles. The van der Waals surface area contributed by atoms with Gasteiger partial charge in [-0.3, -0.25) is 0 Å². The highest BCUT2D eigenvalue weighted by Crippen LogP contribution is 2.42. The highest BCUT2D eigenvalue weighted by molar-refractivity contribution is 6.09. The lowest BCUT2D eigenvalue weighted by Gasteiger charge is -2.17. The van der Waals surface area contributed by atoms with Gasteiger partial charge in [0.05, 0.1) is 17.7 Å². The number of nitrogens with two attached hydrogens (primary N) is 1. The zero-order valence-electron chi connectivity index (χ0n) is 15.1. The minimum Gasteiger partial charge on any atom is -0.462 e. The van der Waals surface area contributed by atoms with Gasteiger partial charge in [-0.15, -0.1) is 0 Å². The van der Waals surface area contributed by atoms with Gasteiger partial charge >= 0.3 is 12.1 Å². The van der Waals surface area contributed by atoms with E-state index in [0.29, 0.717) is 16.7 Å². The highest BCUT2D eigenvalue weighted by Gasteiger charge is 2.34. The molecule has 2 aromatic carbocycles. The minimum absolute atomic E-state index is 0.0515. The van der Waals surface area contributed by atoms with Crippen LogP contribution in [0.2, 0.25) is 0 Å². The molecule has 4 nitrogen and oxygen atoms in total. The van der Waals surface area contributed by atoms with Crippen LogP contribution < -0.4 is 5.73 Å². The van der Waals surface area contributed by atoms with E-state index in [1.807, 2.05) is 25.1 Å². The Bertz CT molecular complexity index is 1040. The first-order valence-electron chi connectivity index (χ1n) is 8.41. The second kappa shape index (κ2) is 6.64. The molecule has 0 amide bonds. The third-order valence-electron chi connectivity index (χ3n) is 4.47. The second-order valence-corrected chi connectivity index (χ2v) is 6.35. The van der Waals surface area contributed by atoms with Gasteiger partial charge in [-0.2, -0.15) is 13.2 Å². The maximum atomic E-state index is 13.3. The van der Waals surface area contributed by atoms with Crippen LogP contribution in [-0.4, -0.2) is 17.6 Å². The van der Waals surface area contributed by atoms with Crippen molar-refractivity contribution in [2.24, 2.45) is 0 Å². The van der Waals surface area contributed by atoms with Crippen LogP contribution in [0.3, 0.4) is 0 Å². The topological polar surface area (TPSA) is 68.1 Å². The molecule has 3 aromatic rings. The van der Waals surface area contributed by atoms with Crippen LogP contribution in [0.15, 0.2) is 30.3 Å². The van der Waals surface area contributed by atoms with E-state index in [4.69, 9.17) is 10.5 Å². The summed E-state index contributed by atoms with van der Waals surface area (Å²) in [6.07, 6.45) is -4.58. The van der Waals surface area contributed by atoms with Gasteiger partial charge in [-0.05, 0) is 50.1 Å².